The van der Waals surface area contributed by atoms with Crippen LogP contribution in [0.15, 0.2) is 24.3 Å². The molecule has 3 amide bonds. The molecule has 1 saturated heterocycles. The van der Waals surface area contributed by atoms with Gasteiger partial charge in [0.25, 0.3) is 0 Å². The molecular formula is C17H25N3O3. The van der Waals surface area contributed by atoms with Gasteiger partial charge >= 0.3 is 6.03 Å². The molecule has 0 unspecified atom stereocenters. The van der Waals surface area contributed by atoms with Crippen LogP contribution in [-0.2, 0) is 4.79 Å². The van der Waals surface area contributed by atoms with Crippen LogP contribution in [0, 0.1) is 0 Å². The minimum absolute atomic E-state index is 0.0199. The number of unbranched alkanes of at least 4 members (excludes halogenated alkanes) is 2. The fourth-order valence-corrected chi connectivity index (χ4v) is 2.63. The van der Waals surface area contributed by atoms with E-state index in [1.54, 1.807) is 12.0 Å². The number of benzene rings is 1. The second-order valence-corrected chi connectivity index (χ2v) is 5.71. The third kappa shape index (κ3) is 4.87. The maximum atomic E-state index is 12.1. The van der Waals surface area contributed by atoms with Crippen molar-refractivity contribution in [3.05, 3.63) is 24.3 Å². The lowest BCUT2D eigenvalue weighted by Gasteiger charge is -2.17. The number of nitrogens with one attached hydrogen (secondary N) is 2. The quantitative estimate of drug-likeness (QED) is 0.758. The Morgan fingerprint density at radius 3 is 2.70 bits per heavy atom. The smallest absolute Gasteiger partial charge is 0.315 e. The fourth-order valence-electron chi connectivity index (χ4n) is 2.63. The largest absolute Gasteiger partial charge is 0.497 e. The van der Waals surface area contributed by atoms with Crippen molar-refractivity contribution in [2.45, 2.75) is 38.6 Å². The number of methoxy groups -OCH3 is 1. The summed E-state index contributed by atoms with van der Waals surface area (Å²) in [5.74, 6) is 0.771. The van der Waals surface area contributed by atoms with Crippen LogP contribution in [-0.4, -0.2) is 38.2 Å². The number of carbonyl (C=O) groups excluding carboxylic acids is 2. The van der Waals surface area contributed by atoms with Gasteiger partial charge in [0.15, 0.2) is 0 Å². The predicted molar refractivity (Wildman–Crippen MR) is 89.8 cm³/mol. The predicted octanol–water partition coefficient (Wildman–Crippen LogP) is 2.29. The summed E-state index contributed by atoms with van der Waals surface area (Å²) in [6, 6.07) is 6.99. The highest BCUT2D eigenvalue weighted by molar-refractivity contribution is 5.96. The van der Waals surface area contributed by atoms with Crippen molar-refractivity contribution >= 4 is 17.6 Å². The molecule has 1 fully saturated rings. The Hall–Kier alpha value is -2.24. The summed E-state index contributed by atoms with van der Waals surface area (Å²) in [6.45, 7) is 3.29. The van der Waals surface area contributed by atoms with Crippen LogP contribution in [0.1, 0.15) is 32.6 Å². The van der Waals surface area contributed by atoms with Gasteiger partial charge in [0.2, 0.25) is 5.91 Å². The molecule has 6 nitrogen and oxygen atoms in total. The van der Waals surface area contributed by atoms with E-state index < -0.39 is 0 Å². The van der Waals surface area contributed by atoms with Crippen LogP contribution in [0.4, 0.5) is 10.5 Å². The number of hydrogen-bond acceptors (Lipinski definition) is 3. The summed E-state index contributed by atoms with van der Waals surface area (Å²) in [5.41, 5.74) is 0.823. The number of hydrogen-bond donors (Lipinski definition) is 2. The van der Waals surface area contributed by atoms with Gasteiger partial charge in [-0.15, -0.1) is 0 Å². The number of amides is 3. The van der Waals surface area contributed by atoms with Gasteiger partial charge in [0, 0.05) is 25.2 Å². The van der Waals surface area contributed by atoms with Crippen LogP contribution in [0.2, 0.25) is 0 Å². The third-order valence-electron chi connectivity index (χ3n) is 3.91. The summed E-state index contributed by atoms with van der Waals surface area (Å²) in [6.07, 6.45) is 3.53. The fraction of sp³-hybridized carbons (Fsp3) is 0.529. The van der Waals surface area contributed by atoms with Gasteiger partial charge in [-0.3, -0.25) is 4.79 Å². The van der Waals surface area contributed by atoms with Crippen LogP contribution in [0.25, 0.3) is 0 Å². The highest BCUT2D eigenvalue weighted by Gasteiger charge is 2.31. The van der Waals surface area contributed by atoms with Gasteiger partial charge in [-0.2, -0.15) is 0 Å². The zero-order chi connectivity index (χ0) is 16.7. The van der Waals surface area contributed by atoms with Crippen molar-refractivity contribution < 1.29 is 14.3 Å². The highest BCUT2D eigenvalue weighted by atomic mass is 16.5. The molecule has 0 bridgehead atoms. The maximum absolute atomic E-state index is 12.1. The van der Waals surface area contributed by atoms with Crippen LogP contribution in [0.3, 0.4) is 0 Å². The van der Waals surface area contributed by atoms with Crippen molar-refractivity contribution in [3.63, 3.8) is 0 Å². The number of urea groups is 1. The SMILES string of the molecule is CCCCCNC(=O)N[C@@H]1CC(=O)N(c2ccc(OC)cc2)C1. The van der Waals surface area contributed by atoms with Crippen molar-refractivity contribution in [1.29, 1.82) is 0 Å². The number of ether oxygens (including phenoxy) is 1. The number of anilines is 1. The van der Waals surface area contributed by atoms with Crippen molar-refractivity contribution in [3.8, 4) is 5.75 Å². The Kier molecular flexibility index (Phi) is 6.26. The van der Waals surface area contributed by atoms with Gasteiger partial charge in [-0.1, -0.05) is 19.8 Å². The lowest BCUT2D eigenvalue weighted by atomic mass is 10.2. The molecule has 0 radical (unpaired) electrons. The van der Waals surface area contributed by atoms with E-state index in [0.29, 0.717) is 19.5 Å². The molecule has 126 valence electrons. The first-order valence-corrected chi connectivity index (χ1v) is 8.12. The number of carbonyl (C=O) groups is 2. The molecule has 0 saturated carbocycles. The average molecular weight is 319 g/mol. The maximum Gasteiger partial charge on any atom is 0.315 e. The molecule has 1 aromatic carbocycles. The van der Waals surface area contributed by atoms with Gasteiger partial charge in [-0.25, -0.2) is 4.79 Å². The Morgan fingerprint density at radius 2 is 2.04 bits per heavy atom. The summed E-state index contributed by atoms with van der Waals surface area (Å²) in [7, 11) is 1.61. The standard InChI is InChI=1S/C17H25N3O3/c1-3-4-5-10-18-17(22)19-13-11-16(21)20(12-13)14-6-8-15(23-2)9-7-14/h6-9,13H,3-5,10-12H2,1-2H3,(H2,18,19,22)/t13-/m1/s1. The molecule has 6 heteroatoms. The van der Waals surface area contributed by atoms with E-state index in [2.05, 4.69) is 17.6 Å². The molecule has 23 heavy (non-hydrogen) atoms. The molecular weight excluding hydrogens is 294 g/mol. The number of nitrogens with zero attached hydrogens (tertiary/aromatic N) is 1. The molecule has 1 heterocycles. The van der Waals surface area contributed by atoms with Crippen molar-refractivity contribution in [1.82, 2.24) is 10.6 Å². The van der Waals surface area contributed by atoms with E-state index in [4.69, 9.17) is 4.74 Å². The number of rotatable bonds is 7. The first-order chi connectivity index (χ1) is 11.1. The van der Waals surface area contributed by atoms with Crippen LogP contribution in [0.5, 0.6) is 5.75 Å². The van der Waals surface area contributed by atoms with Gasteiger partial charge in [0.1, 0.15) is 5.75 Å². The molecule has 1 aliphatic rings. The molecule has 1 aromatic rings. The molecule has 2 N–H and O–H groups in total. The third-order valence-corrected chi connectivity index (χ3v) is 3.91. The zero-order valence-electron chi connectivity index (χ0n) is 13.8. The lowest BCUT2D eigenvalue weighted by molar-refractivity contribution is -0.117. The summed E-state index contributed by atoms with van der Waals surface area (Å²) < 4.78 is 5.12. The topological polar surface area (TPSA) is 70.7 Å². The van der Waals surface area contributed by atoms with E-state index in [1.165, 1.54) is 0 Å². The molecule has 1 aliphatic heterocycles. The van der Waals surface area contributed by atoms with E-state index in [0.717, 1.165) is 30.7 Å². The van der Waals surface area contributed by atoms with E-state index >= 15 is 0 Å². The Labute approximate surface area is 137 Å². The molecule has 0 aliphatic carbocycles. The van der Waals surface area contributed by atoms with Crippen LogP contribution < -0.4 is 20.3 Å². The summed E-state index contributed by atoms with van der Waals surface area (Å²) >= 11 is 0. The van der Waals surface area contributed by atoms with Crippen molar-refractivity contribution in [2.75, 3.05) is 25.1 Å². The first kappa shape index (κ1) is 17.1. The van der Waals surface area contributed by atoms with E-state index in [-0.39, 0.29) is 18.0 Å². The molecule has 0 spiro atoms. The van der Waals surface area contributed by atoms with Crippen molar-refractivity contribution in [2.24, 2.45) is 0 Å². The van der Waals surface area contributed by atoms with E-state index in [9.17, 15) is 9.59 Å². The second kappa shape index (κ2) is 8.41. The second-order valence-electron chi connectivity index (χ2n) is 5.71. The van der Waals surface area contributed by atoms with Gasteiger partial charge in [0.05, 0.1) is 13.2 Å². The minimum Gasteiger partial charge on any atom is -0.497 e. The molecule has 1 atom stereocenters. The van der Waals surface area contributed by atoms with Gasteiger partial charge in [-0.05, 0) is 30.7 Å². The van der Waals surface area contributed by atoms with E-state index in [1.807, 2.05) is 24.3 Å². The Balaban J connectivity index is 1.83. The molecule has 2 rings (SSSR count). The Bertz CT molecular complexity index is 530. The normalized spacial score (nSPS) is 17.2. The minimum atomic E-state index is -0.199. The monoisotopic (exact) mass is 319 g/mol. The lowest BCUT2D eigenvalue weighted by Crippen LogP contribution is -2.43. The summed E-state index contributed by atoms with van der Waals surface area (Å²) in [5, 5.41) is 5.70. The Morgan fingerprint density at radius 1 is 1.30 bits per heavy atom. The average Bonchev–Trinajstić information content (AvgIpc) is 2.92. The summed E-state index contributed by atoms with van der Waals surface area (Å²) in [4.78, 5) is 25.7. The molecule has 0 aromatic heterocycles. The van der Waals surface area contributed by atoms with Crippen LogP contribution >= 0.6 is 0 Å². The first-order valence-electron chi connectivity index (χ1n) is 8.12. The van der Waals surface area contributed by atoms with Gasteiger partial charge < -0.3 is 20.3 Å². The zero-order valence-corrected chi connectivity index (χ0v) is 13.8. The highest BCUT2D eigenvalue weighted by Crippen LogP contribution is 2.24.